The molecule has 0 amide bonds. The molecule has 1 aliphatic carbocycles. The summed E-state index contributed by atoms with van der Waals surface area (Å²) in [6, 6.07) is 1.97. The van der Waals surface area contributed by atoms with Crippen LogP contribution in [-0.4, -0.2) is 11.0 Å². The van der Waals surface area contributed by atoms with Gasteiger partial charge in [0.2, 0.25) is 0 Å². The molecule has 0 radical (unpaired) electrons. The van der Waals surface area contributed by atoms with E-state index in [-0.39, 0.29) is 22.4 Å². The van der Waals surface area contributed by atoms with E-state index in [0.717, 1.165) is 18.6 Å². The zero-order valence-electron chi connectivity index (χ0n) is 9.40. The van der Waals surface area contributed by atoms with Gasteiger partial charge in [0.15, 0.2) is 0 Å². The topological polar surface area (TPSA) is 24.9 Å². The number of nitrogens with one attached hydrogen (secondary N) is 1. The Bertz CT molecular complexity index is 443. The lowest BCUT2D eigenvalue weighted by Gasteiger charge is -2.11. The van der Waals surface area contributed by atoms with Crippen LogP contribution >= 0.6 is 11.6 Å². The Morgan fingerprint density at radius 2 is 2.00 bits per heavy atom. The van der Waals surface area contributed by atoms with Gasteiger partial charge in [-0.1, -0.05) is 25.4 Å². The Labute approximate surface area is 102 Å². The minimum atomic E-state index is -4.40. The molecule has 1 aromatic rings. The molecular formula is C11H12ClF3N2. The number of hydrogen-bond acceptors (Lipinski definition) is 2. The van der Waals surface area contributed by atoms with Crippen LogP contribution in [0.2, 0.25) is 5.15 Å². The first kappa shape index (κ1) is 12.5. The number of anilines is 1. The molecule has 0 saturated heterocycles. The highest BCUT2D eigenvalue weighted by atomic mass is 35.5. The molecule has 1 heterocycles. The van der Waals surface area contributed by atoms with Gasteiger partial charge in [0.1, 0.15) is 11.0 Å². The first-order chi connectivity index (χ1) is 7.68. The Balaban J connectivity index is 2.21. The van der Waals surface area contributed by atoms with Crippen molar-refractivity contribution in [3.8, 4) is 0 Å². The van der Waals surface area contributed by atoms with Gasteiger partial charge in [-0.05, 0) is 24.0 Å². The van der Waals surface area contributed by atoms with Crippen LogP contribution in [0.15, 0.2) is 12.1 Å². The third-order valence-corrected chi connectivity index (χ3v) is 3.15. The van der Waals surface area contributed by atoms with Crippen molar-refractivity contribution in [3.63, 3.8) is 0 Å². The molecule has 1 saturated carbocycles. The van der Waals surface area contributed by atoms with Gasteiger partial charge in [-0.15, -0.1) is 0 Å². The van der Waals surface area contributed by atoms with Gasteiger partial charge in [0, 0.05) is 6.04 Å². The van der Waals surface area contributed by atoms with Crippen molar-refractivity contribution in [3.05, 3.63) is 22.8 Å². The molecule has 2 rings (SSSR count). The maximum Gasteiger partial charge on any atom is 0.416 e. The second-order valence-corrected chi connectivity index (χ2v) is 5.34. The lowest BCUT2D eigenvalue weighted by atomic mass is 10.2. The molecule has 6 heteroatoms. The lowest BCUT2D eigenvalue weighted by molar-refractivity contribution is -0.137. The summed E-state index contributed by atoms with van der Waals surface area (Å²) in [6.45, 7) is 4.08. The Hall–Kier alpha value is -0.970. The molecule has 1 N–H and O–H groups in total. The number of aromatic nitrogens is 1. The van der Waals surface area contributed by atoms with Crippen molar-refractivity contribution < 1.29 is 13.2 Å². The zero-order valence-corrected chi connectivity index (χ0v) is 10.2. The predicted molar refractivity (Wildman–Crippen MR) is 60.1 cm³/mol. The van der Waals surface area contributed by atoms with E-state index in [0.29, 0.717) is 0 Å². The van der Waals surface area contributed by atoms with E-state index in [1.165, 1.54) is 0 Å². The third kappa shape index (κ3) is 2.83. The fourth-order valence-electron chi connectivity index (χ4n) is 1.63. The SMILES string of the molecule is CC1(C)CC1Nc1cc(C(F)(F)F)cc(Cl)n1. The van der Waals surface area contributed by atoms with E-state index < -0.39 is 11.7 Å². The van der Waals surface area contributed by atoms with E-state index in [1.807, 2.05) is 13.8 Å². The standard InChI is InChI=1S/C11H12ClF3N2/c1-10(2)5-7(10)16-9-4-6(11(13,14)15)3-8(12)17-9/h3-4,7H,5H2,1-2H3,(H,16,17). The number of halogens is 4. The van der Waals surface area contributed by atoms with Gasteiger partial charge in [0.25, 0.3) is 0 Å². The van der Waals surface area contributed by atoms with E-state index >= 15 is 0 Å². The molecule has 0 aromatic carbocycles. The average Bonchev–Trinajstić information content (AvgIpc) is 2.70. The van der Waals surface area contributed by atoms with Gasteiger partial charge < -0.3 is 5.32 Å². The van der Waals surface area contributed by atoms with Gasteiger partial charge in [0.05, 0.1) is 5.56 Å². The minimum Gasteiger partial charge on any atom is -0.367 e. The van der Waals surface area contributed by atoms with Crippen LogP contribution in [0.25, 0.3) is 0 Å². The second kappa shape index (κ2) is 3.77. The summed E-state index contributed by atoms with van der Waals surface area (Å²) >= 11 is 5.58. The molecule has 94 valence electrons. The molecule has 1 aromatic heterocycles. The van der Waals surface area contributed by atoms with Crippen molar-refractivity contribution in [2.45, 2.75) is 32.5 Å². The molecule has 1 aliphatic rings. The van der Waals surface area contributed by atoms with Crippen molar-refractivity contribution in [2.75, 3.05) is 5.32 Å². The Morgan fingerprint density at radius 1 is 1.41 bits per heavy atom. The largest absolute Gasteiger partial charge is 0.416 e. The number of pyridine rings is 1. The smallest absolute Gasteiger partial charge is 0.367 e. The summed E-state index contributed by atoms with van der Waals surface area (Å²) < 4.78 is 37.6. The van der Waals surface area contributed by atoms with Gasteiger partial charge in [-0.3, -0.25) is 0 Å². The molecule has 2 nitrogen and oxygen atoms in total. The van der Waals surface area contributed by atoms with Gasteiger partial charge >= 0.3 is 6.18 Å². The lowest BCUT2D eigenvalue weighted by Crippen LogP contribution is -2.12. The number of hydrogen-bond donors (Lipinski definition) is 1. The maximum atomic E-state index is 12.5. The average molecular weight is 265 g/mol. The highest BCUT2D eigenvalue weighted by Crippen LogP contribution is 2.46. The number of nitrogens with zero attached hydrogens (tertiary/aromatic N) is 1. The molecule has 1 atom stereocenters. The van der Waals surface area contributed by atoms with E-state index in [4.69, 9.17) is 11.6 Å². The predicted octanol–water partition coefficient (Wildman–Crippen LogP) is 3.96. The molecule has 17 heavy (non-hydrogen) atoms. The monoisotopic (exact) mass is 264 g/mol. The minimum absolute atomic E-state index is 0.113. The quantitative estimate of drug-likeness (QED) is 0.818. The maximum absolute atomic E-state index is 12.5. The van der Waals surface area contributed by atoms with E-state index in [2.05, 4.69) is 10.3 Å². The normalized spacial score (nSPS) is 22.4. The first-order valence-electron chi connectivity index (χ1n) is 5.20. The van der Waals surface area contributed by atoms with E-state index in [1.54, 1.807) is 0 Å². The van der Waals surface area contributed by atoms with E-state index in [9.17, 15) is 13.2 Å². The zero-order chi connectivity index (χ0) is 12.8. The van der Waals surface area contributed by atoms with Crippen molar-refractivity contribution >= 4 is 17.4 Å². The van der Waals surface area contributed by atoms with Gasteiger partial charge in [-0.25, -0.2) is 4.98 Å². The fraction of sp³-hybridized carbons (Fsp3) is 0.545. The summed E-state index contributed by atoms with van der Waals surface area (Å²) in [6.07, 6.45) is -3.48. The van der Waals surface area contributed by atoms with Crippen LogP contribution in [0.5, 0.6) is 0 Å². The van der Waals surface area contributed by atoms with Crippen LogP contribution < -0.4 is 5.32 Å². The molecule has 1 fully saturated rings. The molecular weight excluding hydrogens is 253 g/mol. The molecule has 1 unspecified atom stereocenters. The summed E-state index contributed by atoms with van der Waals surface area (Å²) in [5.41, 5.74) is -0.666. The van der Waals surface area contributed by atoms with Gasteiger partial charge in [-0.2, -0.15) is 13.2 Å². The Morgan fingerprint density at radius 3 is 2.47 bits per heavy atom. The fourth-order valence-corrected chi connectivity index (χ4v) is 1.84. The third-order valence-electron chi connectivity index (χ3n) is 2.96. The van der Waals surface area contributed by atoms with Crippen LogP contribution in [0.3, 0.4) is 0 Å². The summed E-state index contributed by atoms with van der Waals surface area (Å²) in [5, 5.41) is 2.81. The molecule has 0 bridgehead atoms. The summed E-state index contributed by atoms with van der Waals surface area (Å²) in [4.78, 5) is 3.85. The number of rotatable bonds is 2. The number of alkyl halides is 3. The second-order valence-electron chi connectivity index (χ2n) is 4.95. The molecule has 0 aliphatic heterocycles. The van der Waals surface area contributed by atoms with Crippen LogP contribution in [0, 0.1) is 5.41 Å². The van der Waals surface area contributed by atoms with Crippen LogP contribution in [0.1, 0.15) is 25.8 Å². The van der Waals surface area contributed by atoms with Crippen molar-refractivity contribution in [2.24, 2.45) is 5.41 Å². The van der Waals surface area contributed by atoms with Crippen molar-refractivity contribution in [1.82, 2.24) is 4.98 Å². The first-order valence-corrected chi connectivity index (χ1v) is 5.57. The van der Waals surface area contributed by atoms with Crippen molar-refractivity contribution in [1.29, 1.82) is 0 Å². The summed E-state index contributed by atoms with van der Waals surface area (Å²) in [5.74, 6) is 0.181. The highest BCUT2D eigenvalue weighted by Gasteiger charge is 2.46. The summed E-state index contributed by atoms with van der Waals surface area (Å²) in [7, 11) is 0. The van der Waals surface area contributed by atoms with Crippen LogP contribution in [0.4, 0.5) is 19.0 Å². The highest BCUT2D eigenvalue weighted by molar-refractivity contribution is 6.29. The molecule has 0 spiro atoms. The Kier molecular flexibility index (Phi) is 2.77. The van der Waals surface area contributed by atoms with Crippen LogP contribution in [-0.2, 0) is 6.18 Å².